The van der Waals surface area contributed by atoms with Crippen molar-refractivity contribution in [2.24, 2.45) is 0 Å². The molecule has 2 aromatic rings. The summed E-state index contributed by atoms with van der Waals surface area (Å²) in [5, 5.41) is 14.1. The molecule has 0 saturated carbocycles. The summed E-state index contributed by atoms with van der Waals surface area (Å²) < 4.78 is 5.77. The number of aromatic nitrogens is 2. The number of nitro groups is 1. The molecule has 0 spiro atoms. The van der Waals surface area contributed by atoms with Crippen LogP contribution in [0.25, 0.3) is 11.4 Å². The standard InChI is InChI=1S/C13H13BrN4O3/c1-15-13-11(14)9(7-21-2)16-12(17-13)8-5-3-4-6-10(8)18(19)20/h3-6H,7H2,1-2H3,(H,15,16,17). The first-order chi connectivity index (χ1) is 10.1. The molecule has 0 radical (unpaired) electrons. The van der Waals surface area contributed by atoms with Crippen LogP contribution in [0.4, 0.5) is 11.5 Å². The van der Waals surface area contributed by atoms with E-state index in [1.54, 1.807) is 32.4 Å². The summed E-state index contributed by atoms with van der Waals surface area (Å²) in [5.74, 6) is 0.826. The number of nitrogens with one attached hydrogen (secondary N) is 1. The van der Waals surface area contributed by atoms with Crippen molar-refractivity contribution in [1.29, 1.82) is 0 Å². The highest BCUT2D eigenvalue weighted by molar-refractivity contribution is 9.10. The predicted octanol–water partition coefficient (Wildman–Crippen LogP) is 3.00. The third kappa shape index (κ3) is 3.17. The number of benzene rings is 1. The smallest absolute Gasteiger partial charge is 0.280 e. The minimum absolute atomic E-state index is 0.0368. The van der Waals surface area contributed by atoms with Gasteiger partial charge in [-0.3, -0.25) is 10.1 Å². The molecule has 0 atom stereocenters. The van der Waals surface area contributed by atoms with Crippen LogP contribution in [-0.2, 0) is 11.3 Å². The van der Waals surface area contributed by atoms with Gasteiger partial charge in [-0.15, -0.1) is 0 Å². The molecular formula is C13H13BrN4O3. The van der Waals surface area contributed by atoms with E-state index in [4.69, 9.17) is 4.74 Å². The van der Waals surface area contributed by atoms with Gasteiger partial charge >= 0.3 is 0 Å². The first-order valence-electron chi connectivity index (χ1n) is 6.05. The van der Waals surface area contributed by atoms with Crippen molar-refractivity contribution in [2.45, 2.75) is 6.61 Å². The lowest BCUT2D eigenvalue weighted by Gasteiger charge is -2.10. The van der Waals surface area contributed by atoms with E-state index in [1.807, 2.05) is 0 Å². The van der Waals surface area contributed by atoms with E-state index in [1.165, 1.54) is 6.07 Å². The Balaban J connectivity index is 2.64. The second-order valence-corrected chi connectivity index (χ2v) is 4.91. The highest BCUT2D eigenvalue weighted by atomic mass is 79.9. The maximum absolute atomic E-state index is 11.1. The number of hydrogen-bond acceptors (Lipinski definition) is 6. The van der Waals surface area contributed by atoms with Crippen molar-refractivity contribution in [3.05, 3.63) is 44.5 Å². The lowest BCUT2D eigenvalue weighted by atomic mass is 10.1. The molecule has 110 valence electrons. The molecule has 7 nitrogen and oxygen atoms in total. The van der Waals surface area contributed by atoms with Gasteiger partial charge in [0.25, 0.3) is 5.69 Å². The highest BCUT2D eigenvalue weighted by Gasteiger charge is 2.19. The van der Waals surface area contributed by atoms with E-state index in [-0.39, 0.29) is 18.1 Å². The lowest BCUT2D eigenvalue weighted by Crippen LogP contribution is -2.05. The minimum Gasteiger partial charge on any atom is -0.378 e. The van der Waals surface area contributed by atoms with Gasteiger partial charge in [0.15, 0.2) is 5.82 Å². The Hall–Kier alpha value is -2.06. The Morgan fingerprint density at radius 1 is 1.38 bits per heavy atom. The molecule has 0 amide bonds. The second kappa shape index (κ2) is 6.59. The van der Waals surface area contributed by atoms with Crippen LogP contribution in [0.5, 0.6) is 0 Å². The van der Waals surface area contributed by atoms with Crippen LogP contribution in [-0.4, -0.2) is 29.0 Å². The number of nitrogens with zero attached hydrogens (tertiary/aromatic N) is 3. The van der Waals surface area contributed by atoms with Gasteiger partial charge in [0.2, 0.25) is 0 Å². The average Bonchev–Trinajstić information content (AvgIpc) is 2.49. The van der Waals surface area contributed by atoms with Gasteiger partial charge in [-0.05, 0) is 22.0 Å². The summed E-state index contributed by atoms with van der Waals surface area (Å²) in [6.45, 7) is 0.269. The number of nitro benzene ring substituents is 1. The number of hydrogen-bond donors (Lipinski definition) is 1. The predicted molar refractivity (Wildman–Crippen MR) is 82.1 cm³/mol. The molecule has 0 unspecified atom stereocenters. The second-order valence-electron chi connectivity index (χ2n) is 4.11. The molecule has 21 heavy (non-hydrogen) atoms. The largest absolute Gasteiger partial charge is 0.378 e. The molecule has 1 heterocycles. The van der Waals surface area contributed by atoms with Crippen molar-refractivity contribution in [2.75, 3.05) is 19.5 Å². The van der Waals surface area contributed by atoms with Crippen LogP contribution in [0.3, 0.4) is 0 Å². The van der Waals surface area contributed by atoms with Crippen molar-refractivity contribution in [3.63, 3.8) is 0 Å². The Morgan fingerprint density at radius 3 is 2.71 bits per heavy atom. The van der Waals surface area contributed by atoms with E-state index in [2.05, 4.69) is 31.2 Å². The fourth-order valence-corrected chi connectivity index (χ4v) is 2.32. The van der Waals surface area contributed by atoms with Crippen LogP contribution < -0.4 is 5.32 Å². The molecule has 2 rings (SSSR count). The first kappa shape index (κ1) is 15.3. The quantitative estimate of drug-likeness (QED) is 0.656. The van der Waals surface area contributed by atoms with Gasteiger partial charge in [0.1, 0.15) is 5.82 Å². The van der Waals surface area contributed by atoms with E-state index >= 15 is 0 Å². The van der Waals surface area contributed by atoms with Gasteiger partial charge in [-0.2, -0.15) is 0 Å². The summed E-state index contributed by atoms with van der Waals surface area (Å²) >= 11 is 3.40. The van der Waals surface area contributed by atoms with Crippen molar-refractivity contribution >= 4 is 27.4 Å². The molecule has 0 fully saturated rings. The van der Waals surface area contributed by atoms with E-state index < -0.39 is 4.92 Å². The van der Waals surface area contributed by atoms with Crippen LogP contribution in [0.15, 0.2) is 28.7 Å². The van der Waals surface area contributed by atoms with Gasteiger partial charge in [-0.25, -0.2) is 9.97 Å². The van der Waals surface area contributed by atoms with Crippen LogP contribution in [0, 0.1) is 10.1 Å². The number of halogens is 1. The Kier molecular flexibility index (Phi) is 4.81. The summed E-state index contributed by atoms with van der Waals surface area (Å²) in [5.41, 5.74) is 0.944. The summed E-state index contributed by atoms with van der Waals surface area (Å²) in [6, 6.07) is 6.37. The summed E-state index contributed by atoms with van der Waals surface area (Å²) in [4.78, 5) is 19.4. The van der Waals surface area contributed by atoms with Crippen molar-refractivity contribution in [3.8, 4) is 11.4 Å². The van der Waals surface area contributed by atoms with Crippen molar-refractivity contribution in [1.82, 2.24) is 9.97 Å². The molecule has 0 aliphatic heterocycles. The van der Waals surface area contributed by atoms with Gasteiger partial charge in [-0.1, -0.05) is 12.1 Å². The maximum atomic E-state index is 11.1. The lowest BCUT2D eigenvalue weighted by molar-refractivity contribution is -0.384. The van der Waals surface area contributed by atoms with E-state index in [9.17, 15) is 10.1 Å². The monoisotopic (exact) mass is 352 g/mol. The van der Waals surface area contributed by atoms with E-state index in [0.717, 1.165) is 0 Å². The van der Waals surface area contributed by atoms with Gasteiger partial charge in [0, 0.05) is 20.2 Å². The van der Waals surface area contributed by atoms with Gasteiger partial charge in [0.05, 0.1) is 27.3 Å². The SMILES string of the molecule is CNc1nc(-c2ccccc2[N+](=O)[O-])nc(COC)c1Br. The van der Waals surface area contributed by atoms with E-state index in [0.29, 0.717) is 21.5 Å². The number of methoxy groups -OCH3 is 1. The molecule has 8 heteroatoms. The number of para-hydroxylation sites is 1. The third-order valence-electron chi connectivity index (χ3n) is 2.78. The zero-order valence-corrected chi connectivity index (χ0v) is 13.0. The molecule has 0 saturated heterocycles. The Morgan fingerprint density at radius 2 is 2.10 bits per heavy atom. The highest BCUT2D eigenvalue weighted by Crippen LogP contribution is 2.31. The fraction of sp³-hybridized carbons (Fsp3) is 0.231. The topological polar surface area (TPSA) is 90.2 Å². The third-order valence-corrected chi connectivity index (χ3v) is 3.61. The Bertz CT molecular complexity index is 678. The molecule has 1 aromatic heterocycles. The molecule has 0 bridgehead atoms. The van der Waals surface area contributed by atoms with Crippen molar-refractivity contribution < 1.29 is 9.66 Å². The first-order valence-corrected chi connectivity index (χ1v) is 6.84. The summed E-state index contributed by atoms with van der Waals surface area (Å²) in [6.07, 6.45) is 0. The average molecular weight is 353 g/mol. The van der Waals surface area contributed by atoms with Crippen LogP contribution in [0.2, 0.25) is 0 Å². The van der Waals surface area contributed by atoms with Crippen LogP contribution in [0.1, 0.15) is 5.69 Å². The fourth-order valence-electron chi connectivity index (χ4n) is 1.83. The number of anilines is 1. The Labute approximate surface area is 129 Å². The number of ether oxygens (including phenoxy) is 1. The maximum Gasteiger partial charge on any atom is 0.280 e. The molecule has 1 aromatic carbocycles. The molecular weight excluding hydrogens is 340 g/mol. The van der Waals surface area contributed by atoms with Crippen LogP contribution >= 0.6 is 15.9 Å². The minimum atomic E-state index is -0.449. The zero-order valence-electron chi connectivity index (χ0n) is 11.5. The normalized spacial score (nSPS) is 10.4. The zero-order chi connectivity index (χ0) is 15.4. The molecule has 0 aliphatic carbocycles. The molecule has 1 N–H and O–H groups in total. The summed E-state index contributed by atoms with van der Waals surface area (Å²) in [7, 11) is 3.27. The van der Waals surface area contributed by atoms with Gasteiger partial charge < -0.3 is 10.1 Å². The molecule has 0 aliphatic rings. The number of rotatable bonds is 5.